The van der Waals surface area contributed by atoms with Crippen molar-refractivity contribution in [2.75, 3.05) is 10.0 Å². The number of pyridine rings is 1. The van der Waals surface area contributed by atoms with Crippen molar-refractivity contribution in [3.8, 4) is 0 Å². The Bertz CT molecular complexity index is 1000. The molecule has 1 fully saturated rings. The molecular formula is C17H22N6O4S. The molecule has 1 saturated carbocycles. The number of hydrogen-bond donors (Lipinski definition) is 4. The maximum Gasteiger partial charge on any atom is 0.407 e. The lowest BCUT2D eigenvalue weighted by Gasteiger charge is -2.23. The number of carbonyl (C=O) groups is 1. The van der Waals surface area contributed by atoms with Gasteiger partial charge < -0.3 is 15.4 Å². The number of amides is 1. The second kappa shape index (κ2) is 6.97. The Morgan fingerprint density at radius 3 is 2.93 bits per heavy atom. The number of aromatic amines is 1. The second-order valence-corrected chi connectivity index (χ2v) is 8.96. The highest BCUT2D eigenvalue weighted by molar-refractivity contribution is 7.94. The van der Waals surface area contributed by atoms with Gasteiger partial charge in [0.1, 0.15) is 16.7 Å². The van der Waals surface area contributed by atoms with Gasteiger partial charge in [0.25, 0.3) is 10.0 Å². The summed E-state index contributed by atoms with van der Waals surface area (Å²) in [4.78, 5) is 16.1. The van der Waals surface area contributed by atoms with E-state index in [2.05, 4.69) is 30.5 Å². The van der Waals surface area contributed by atoms with E-state index < -0.39 is 10.0 Å². The zero-order valence-electron chi connectivity index (χ0n) is 15.5. The van der Waals surface area contributed by atoms with Gasteiger partial charge in [0.05, 0.1) is 0 Å². The second-order valence-electron chi connectivity index (χ2n) is 7.31. The number of nitrogens with zero attached hydrogens (tertiary/aromatic N) is 2. The summed E-state index contributed by atoms with van der Waals surface area (Å²) in [5.74, 6) is 1.16. The number of rotatable bonds is 5. The van der Waals surface area contributed by atoms with Crippen LogP contribution in [0.4, 0.5) is 22.1 Å². The molecule has 0 bridgehead atoms. The summed E-state index contributed by atoms with van der Waals surface area (Å²) < 4.78 is 31.1. The van der Waals surface area contributed by atoms with Crippen molar-refractivity contribution < 1.29 is 17.9 Å². The van der Waals surface area contributed by atoms with Crippen molar-refractivity contribution in [3.63, 3.8) is 0 Å². The minimum Gasteiger partial charge on any atom is -0.446 e. The Labute approximate surface area is 162 Å². The molecule has 0 unspecified atom stereocenters. The van der Waals surface area contributed by atoms with E-state index in [1.165, 1.54) is 12.3 Å². The van der Waals surface area contributed by atoms with E-state index in [-0.39, 0.29) is 29.1 Å². The van der Waals surface area contributed by atoms with E-state index >= 15 is 0 Å². The maximum atomic E-state index is 11.8. The number of fused-ring (bicyclic) bond motifs is 1. The predicted octanol–water partition coefficient (Wildman–Crippen LogP) is 2.43. The van der Waals surface area contributed by atoms with Crippen LogP contribution in [0.1, 0.15) is 44.7 Å². The van der Waals surface area contributed by atoms with Crippen LogP contribution >= 0.6 is 0 Å². The standard InChI is InChI=1S/C17H22N6O4S/c1-9(2)19-17(24)27-11-4-3-10(7-11)12-8-14(22-21-12)20-16-15-13(5-6-18-16)28(25,26)23-15/h5-6,8-11,23H,3-4,7H2,1-2H3,(H,19,24)(H2,18,20,21,22)/t10-,11+/m0/s1. The fourth-order valence-electron chi connectivity index (χ4n) is 3.49. The molecule has 0 spiro atoms. The Hall–Kier alpha value is -2.82. The van der Waals surface area contributed by atoms with Gasteiger partial charge in [0.2, 0.25) is 0 Å². The summed E-state index contributed by atoms with van der Waals surface area (Å²) in [5.41, 5.74) is 1.38. The highest BCUT2D eigenvalue weighted by Gasteiger charge is 2.33. The molecular weight excluding hydrogens is 384 g/mol. The minimum absolute atomic E-state index is 0.0410. The van der Waals surface area contributed by atoms with Gasteiger partial charge in [-0.15, -0.1) is 0 Å². The van der Waals surface area contributed by atoms with E-state index in [9.17, 15) is 13.2 Å². The lowest BCUT2D eigenvalue weighted by molar-refractivity contribution is 0.0981. The van der Waals surface area contributed by atoms with Gasteiger partial charge in [-0.2, -0.15) is 5.10 Å². The average Bonchev–Trinajstić information content (AvgIpc) is 3.24. The van der Waals surface area contributed by atoms with Crippen LogP contribution < -0.4 is 15.4 Å². The number of nitrogens with one attached hydrogen (secondary N) is 4. The van der Waals surface area contributed by atoms with E-state index in [1.807, 2.05) is 19.9 Å². The molecule has 2 aromatic rings. The van der Waals surface area contributed by atoms with Gasteiger partial charge in [-0.05, 0) is 39.2 Å². The van der Waals surface area contributed by atoms with Crippen molar-refractivity contribution in [3.05, 3.63) is 24.0 Å². The molecule has 0 aromatic carbocycles. The van der Waals surface area contributed by atoms with E-state index in [0.29, 0.717) is 17.3 Å². The summed E-state index contributed by atoms with van der Waals surface area (Å²) in [6, 6.07) is 3.37. The number of anilines is 3. The smallest absolute Gasteiger partial charge is 0.407 e. The highest BCUT2D eigenvalue weighted by Crippen LogP contribution is 2.39. The molecule has 1 aliphatic carbocycles. The topological polar surface area (TPSA) is 138 Å². The monoisotopic (exact) mass is 406 g/mol. The number of aromatic nitrogens is 3. The number of H-pyrrole nitrogens is 1. The summed E-state index contributed by atoms with van der Waals surface area (Å²) >= 11 is 0. The van der Waals surface area contributed by atoms with Crippen LogP contribution in [0.2, 0.25) is 0 Å². The van der Waals surface area contributed by atoms with E-state index in [0.717, 1.165) is 25.0 Å². The molecule has 4 rings (SSSR count). The molecule has 0 radical (unpaired) electrons. The maximum absolute atomic E-state index is 11.8. The summed E-state index contributed by atoms with van der Waals surface area (Å²) in [6.45, 7) is 3.77. The van der Waals surface area contributed by atoms with Crippen LogP contribution in [0.5, 0.6) is 0 Å². The summed E-state index contributed by atoms with van der Waals surface area (Å²) in [6.07, 6.45) is 3.35. The largest absolute Gasteiger partial charge is 0.446 e. The summed E-state index contributed by atoms with van der Waals surface area (Å²) in [5, 5.41) is 13.0. The van der Waals surface area contributed by atoms with Crippen molar-refractivity contribution >= 4 is 33.4 Å². The molecule has 3 heterocycles. The first-order chi connectivity index (χ1) is 13.3. The van der Waals surface area contributed by atoms with E-state index in [4.69, 9.17) is 4.74 Å². The first-order valence-corrected chi connectivity index (χ1v) is 10.6. The van der Waals surface area contributed by atoms with Gasteiger partial charge in [0.15, 0.2) is 11.6 Å². The average molecular weight is 406 g/mol. The first kappa shape index (κ1) is 18.5. The predicted molar refractivity (Wildman–Crippen MR) is 102 cm³/mol. The molecule has 150 valence electrons. The number of carbonyl (C=O) groups excluding carboxylic acids is 1. The Kier molecular flexibility index (Phi) is 4.61. The molecule has 0 saturated heterocycles. The van der Waals surface area contributed by atoms with Gasteiger partial charge in [-0.25, -0.2) is 18.2 Å². The van der Waals surface area contributed by atoms with Crippen LogP contribution in [0, 0.1) is 0 Å². The molecule has 2 atom stereocenters. The van der Waals surface area contributed by atoms with Crippen LogP contribution in [0.25, 0.3) is 0 Å². The number of hydrogen-bond acceptors (Lipinski definition) is 7. The van der Waals surface area contributed by atoms with Crippen LogP contribution in [-0.2, 0) is 14.8 Å². The molecule has 2 aromatic heterocycles. The minimum atomic E-state index is -3.39. The Morgan fingerprint density at radius 2 is 2.18 bits per heavy atom. The van der Waals surface area contributed by atoms with Gasteiger partial charge in [-0.1, -0.05) is 0 Å². The highest BCUT2D eigenvalue weighted by atomic mass is 32.2. The molecule has 10 nitrogen and oxygen atoms in total. The van der Waals surface area contributed by atoms with E-state index in [1.54, 1.807) is 0 Å². The van der Waals surface area contributed by atoms with Gasteiger partial charge >= 0.3 is 6.09 Å². The summed E-state index contributed by atoms with van der Waals surface area (Å²) in [7, 11) is -3.39. The fraction of sp³-hybridized carbons (Fsp3) is 0.471. The van der Waals surface area contributed by atoms with Gasteiger partial charge in [-0.3, -0.25) is 9.82 Å². The molecule has 11 heteroatoms. The third kappa shape index (κ3) is 3.61. The van der Waals surface area contributed by atoms with Crippen molar-refractivity contribution in [1.29, 1.82) is 0 Å². The normalized spacial score (nSPS) is 22.1. The Balaban J connectivity index is 1.38. The third-order valence-corrected chi connectivity index (χ3v) is 6.18. The lowest BCUT2D eigenvalue weighted by atomic mass is 10.0. The zero-order valence-corrected chi connectivity index (χ0v) is 16.3. The lowest BCUT2D eigenvalue weighted by Crippen LogP contribution is -2.33. The Morgan fingerprint density at radius 1 is 1.36 bits per heavy atom. The molecule has 28 heavy (non-hydrogen) atoms. The molecule has 2 aliphatic rings. The zero-order chi connectivity index (χ0) is 19.9. The third-order valence-electron chi connectivity index (χ3n) is 4.79. The fourth-order valence-corrected chi connectivity index (χ4v) is 4.57. The molecule has 1 aliphatic heterocycles. The van der Waals surface area contributed by atoms with Gasteiger partial charge in [0, 0.05) is 29.9 Å². The quantitative estimate of drug-likeness (QED) is 0.598. The van der Waals surface area contributed by atoms with Crippen LogP contribution in [0.3, 0.4) is 0 Å². The van der Waals surface area contributed by atoms with Crippen molar-refractivity contribution in [1.82, 2.24) is 20.5 Å². The molecule has 4 N–H and O–H groups in total. The number of ether oxygens (including phenoxy) is 1. The van der Waals surface area contributed by atoms with Crippen molar-refractivity contribution in [2.24, 2.45) is 0 Å². The number of sulfonamides is 1. The number of alkyl carbamates (subject to hydrolysis) is 1. The molecule has 1 amide bonds. The SMILES string of the molecule is CC(C)NC(=O)O[C@@H]1CC[C@H](c2cc(Nc3nccc4c3NS4(=O)=O)n[nH]2)C1. The van der Waals surface area contributed by atoms with Crippen LogP contribution in [-0.4, -0.2) is 41.8 Å². The van der Waals surface area contributed by atoms with Crippen molar-refractivity contribution in [2.45, 2.75) is 56.1 Å². The van der Waals surface area contributed by atoms with Crippen LogP contribution in [0.15, 0.2) is 23.2 Å². The first-order valence-electron chi connectivity index (χ1n) is 9.13.